The van der Waals surface area contributed by atoms with Gasteiger partial charge in [0.15, 0.2) is 0 Å². The van der Waals surface area contributed by atoms with Crippen molar-refractivity contribution >= 4 is 11.8 Å². The highest BCUT2D eigenvalue weighted by Crippen LogP contribution is 2.29. The normalized spacial score (nSPS) is 12.1. The molecule has 0 fully saturated rings. The molecular formula is C19H17NOS. The van der Waals surface area contributed by atoms with E-state index in [0.29, 0.717) is 0 Å². The number of aliphatic hydroxyl groups is 1. The summed E-state index contributed by atoms with van der Waals surface area (Å²) >= 11 is 1.63. The van der Waals surface area contributed by atoms with Gasteiger partial charge in [0.25, 0.3) is 0 Å². The van der Waals surface area contributed by atoms with Gasteiger partial charge < -0.3 is 5.11 Å². The second kappa shape index (κ2) is 6.77. The summed E-state index contributed by atoms with van der Waals surface area (Å²) in [5.74, 6) is 0. The maximum Gasteiger partial charge on any atom is 0.106 e. The Hall–Kier alpha value is -2.10. The summed E-state index contributed by atoms with van der Waals surface area (Å²) in [5.41, 5.74) is 2.59. The minimum absolute atomic E-state index is 0.635. The molecule has 0 spiro atoms. The predicted molar refractivity (Wildman–Crippen MR) is 90.0 cm³/mol. The van der Waals surface area contributed by atoms with E-state index in [1.807, 2.05) is 67.6 Å². The van der Waals surface area contributed by atoms with Gasteiger partial charge in [0.05, 0.1) is 0 Å². The number of benzene rings is 2. The van der Waals surface area contributed by atoms with E-state index in [4.69, 9.17) is 0 Å². The first kappa shape index (κ1) is 14.8. The zero-order valence-corrected chi connectivity index (χ0v) is 13.1. The molecule has 0 aliphatic heterocycles. The van der Waals surface area contributed by atoms with Crippen LogP contribution in [0.25, 0.3) is 0 Å². The average molecular weight is 307 g/mol. The molecule has 0 aliphatic rings. The number of hydrogen-bond acceptors (Lipinski definition) is 3. The van der Waals surface area contributed by atoms with Gasteiger partial charge in [-0.15, -0.1) is 0 Å². The molecule has 3 aromatic rings. The van der Waals surface area contributed by atoms with E-state index in [1.165, 1.54) is 0 Å². The van der Waals surface area contributed by atoms with Gasteiger partial charge in [-0.1, -0.05) is 66.4 Å². The zero-order chi connectivity index (χ0) is 15.4. The molecule has 3 rings (SSSR count). The molecule has 110 valence electrons. The van der Waals surface area contributed by atoms with Crippen LogP contribution in [0.15, 0.2) is 82.7 Å². The second-order valence-electron chi connectivity index (χ2n) is 5.05. The molecule has 0 aliphatic carbocycles. The lowest BCUT2D eigenvalue weighted by molar-refractivity contribution is 0.219. The number of aryl methyl sites for hydroxylation is 1. The van der Waals surface area contributed by atoms with Gasteiger partial charge in [-0.2, -0.15) is 0 Å². The van der Waals surface area contributed by atoms with E-state index in [9.17, 15) is 5.11 Å². The van der Waals surface area contributed by atoms with Gasteiger partial charge in [0.2, 0.25) is 0 Å². The van der Waals surface area contributed by atoms with E-state index in [-0.39, 0.29) is 0 Å². The largest absolute Gasteiger partial charge is 0.384 e. The van der Waals surface area contributed by atoms with E-state index in [1.54, 1.807) is 11.8 Å². The third-order valence-electron chi connectivity index (χ3n) is 3.48. The highest BCUT2D eigenvalue weighted by atomic mass is 32.2. The van der Waals surface area contributed by atoms with Crippen molar-refractivity contribution in [1.29, 1.82) is 0 Å². The SMILES string of the molecule is Cc1nc(Sc2ccccc2)ccc1[C@H](O)c1ccccc1. The number of pyridine rings is 1. The van der Waals surface area contributed by atoms with E-state index in [0.717, 1.165) is 26.7 Å². The summed E-state index contributed by atoms with van der Waals surface area (Å²) < 4.78 is 0. The van der Waals surface area contributed by atoms with Crippen molar-refractivity contribution in [2.45, 2.75) is 22.9 Å². The first-order chi connectivity index (χ1) is 10.7. The molecular weight excluding hydrogens is 290 g/mol. The third-order valence-corrected chi connectivity index (χ3v) is 4.42. The maximum absolute atomic E-state index is 10.5. The van der Waals surface area contributed by atoms with Crippen LogP contribution in [-0.2, 0) is 0 Å². The van der Waals surface area contributed by atoms with Crippen LogP contribution in [0.5, 0.6) is 0 Å². The number of aliphatic hydroxyl groups excluding tert-OH is 1. The topological polar surface area (TPSA) is 33.1 Å². The van der Waals surface area contributed by atoms with Crippen LogP contribution in [0.4, 0.5) is 0 Å². The Balaban J connectivity index is 1.83. The van der Waals surface area contributed by atoms with E-state index in [2.05, 4.69) is 17.1 Å². The molecule has 1 N–H and O–H groups in total. The van der Waals surface area contributed by atoms with E-state index < -0.39 is 6.10 Å². The highest BCUT2D eigenvalue weighted by Gasteiger charge is 2.14. The van der Waals surface area contributed by atoms with Gasteiger partial charge in [-0.25, -0.2) is 4.98 Å². The third kappa shape index (κ3) is 3.38. The number of hydrogen-bond donors (Lipinski definition) is 1. The lowest BCUT2D eigenvalue weighted by Crippen LogP contribution is -2.03. The Labute approximate surface area is 134 Å². The first-order valence-corrected chi connectivity index (χ1v) is 7.99. The number of nitrogens with zero attached hydrogens (tertiary/aromatic N) is 1. The Morgan fingerprint density at radius 2 is 1.50 bits per heavy atom. The van der Waals surface area contributed by atoms with Crippen LogP contribution >= 0.6 is 11.8 Å². The monoisotopic (exact) mass is 307 g/mol. The number of aromatic nitrogens is 1. The Bertz CT molecular complexity index is 744. The molecule has 0 saturated heterocycles. The number of rotatable bonds is 4. The van der Waals surface area contributed by atoms with Gasteiger partial charge in [-0.05, 0) is 30.7 Å². The highest BCUT2D eigenvalue weighted by molar-refractivity contribution is 7.99. The zero-order valence-electron chi connectivity index (χ0n) is 12.3. The molecule has 2 nitrogen and oxygen atoms in total. The molecule has 0 unspecified atom stereocenters. The molecule has 1 aromatic heterocycles. The molecule has 0 amide bonds. The lowest BCUT2D eigenvalue weighted by Gasteiger charge is -2.14. The van der Waals surface area contributed by atoms with Crippen LogP contribution in [0.1, 0.15) is 22.9 Å². The fraction of sp³-hybridized carbons (Fsp3) is 0.105. The maximum atomic E-state index is 10.5. The fourth-order valence-electron chi connectivity index (χ4n) is 2.32. The van der Waals surface area contributed by atoms with E-state index >= 15 is 0 Å². The Kier molecular flexibility index (Phi) is 4.56. The summed E-state index contributed by atoms with van der Waals surface area (Å²) in [6.45, 7) is 1.94. The Morgan fingerprint density at radius 1 is 0.864 bits per heavy atom. The van der Waals surface area contributed by atoms with Crippen molar-refractivity contribution < 1.29 is 5.11 Å². The minimum Gasteiger partial charge on any atom is -0.384 e. The fourth-order valence-corrected chi connectivity index (χ4v) is 3.17. The van der Waals surface area contributed by atoms with Crippen LogP contribution in [0.3, 0.4) is 0 Å². The molecule has 1 atom stereocenters. The molecule has 0 saturated carbocycles. The van der Waals surface area contributed by atoms with Gasteiger partial charge in [0.1, 0.15) is 11.1 Å². The molecule has 1 heterocycles. The average Bonchev–Trinajstić information content (AvgIpc) is 2.56. The van der Waals surface area contributed by atoms with Crippen molar-refractivity contribution in [2.75, 3.05) is 0 Å². The van der Waals surface area contributed by atoms with Crippen molar-refractivity contribution in [1.82, 2.24) is 4.98 Å². The molecule has 2 aromatic carbocycles. The molecule has 0 bridgehead atoms. The first-order valence-electron chi connectivity index (χ1n) is 7.17. The smallest absolute Gasteiger partial charge is 0.106 e. The minimum atomic E-state index is -0.635. The van der Waals surface area contributed by atoms with Crippen molar-refractivity contribution in [3.8, 4) is 0 Å². The molecule has 3 heteroatoms. The van der Waals surface area contributed by atoms with Crippen LogP contribution < -0.4 is 0 Å². The van der Waals surface area contributed by atoms with Gasteiger partial charge >= 0.3 is 0 Å². The summed E-state index contributed by atoms with van der Waals surface area (Å²) in [5, 5.41) is 11.4. The standard InChI is InChI=1S/C19H17NOS/c1-14-17(19(21)15-8-4-2-5-9-15)12-13-18(20-14)22-16-10-6-3-7-11-16/h2-13,19,21H,1H3/t19-/m1/s1. The van der Waals surface area contributed by atoms with Crippen LogP contribution in [-0.4, -0.2) is 10.1 Å². The van der Waals surface area contributed by atoms with Crippen molar-refractivity contribution in [3.05, 3.63) is 89.6 Å². The molecule has 22 heavy (non-hydrogen) atoms. The van der Waals surface area contributed by atoms with Crippen LogP contribution in [0, 0.1) is 6.92 Å². The Morgan fingerprint density at radius 3 is 2.14 bits per heavy atom. The summed E-state index contributed by atoms with van der Waals surface area (Å²) in [6, 6.07) is 23.8. The quantitative estimate of drug-likeness (QED) is 0.763. The second-order valence-corrected chi connectivity index (χ2v) is 6.15. The summed E-state index contributed by atoms with van der Waals surface area (Å²) in [7, 11) is 0. The lowest BCUT2D eigenvalue weighted by atomic mass is 10.0. The predicted octanol–water partition coefficient (Wildman–Crippen LogP) is 4.62. The van der Waals surface area contributed by atoms with Gasteiger partial charge in [-0.3, -0.25) is 0 Å². The summed E-state index contributed by atoms with van der Waals surface area (Å²) in [6.07, 6.45) is -0.635. The molecule has 0 radical (unpaired) electrons. The van der Waals surface area contributed by atoms with Crippen molar-refractivity contribution in [2.24, 2.45) is 0 Å². The van der Waals surface area contributed by atoms with Gasteiger partial charge in [0, 0.05) is 16.2 Å². The summed E-state index contributed by atoms with van der Waals surface area (Å²) in [4.78, 5) is 5.78. The van der Waals surface area contributed by atoms with Crippen molar-refractivity contribution in [3.63, 3.8) is 0 Å². The van der Waals surface area contributed by atoms with Crippen LogP contribution in [0.2, 0.25) is 0 Å².